The van der Waals surface area contributed by atoms with Gasteiger partial charge >= 0.3 is 0 Å². The Hall–Kier alpha value is -4.68. The molecular weight excluding hydrogens is 522 g/mol. The van der Waals surface area contributed by atoms with Crippen LogP contribution in [-0.4, -0.2) is 22.6 Å². The normalized spacial score (nSPS) is 13.1. The molecule has 3 amide bonds. The zero-order valence-corrected chi connectivity index (χ0v) is 23.0. The molecule has 1 aliphatic rings. The van der Waals surface area contributed by atoms with Gasteiger partial charge in [-0.1, -0.05) is 84.4 Å². The van der Waals surface area contributed by atoms with Crippen LogP contribution in [0.4, 0.5) is 11.4 Å². The quantitative estimate of drug-likeness (QED) is 0.252. The van der Waals surface area contributed by atoms with Gasteiger partial charge in [0.15, 0.2) is 0 Å². The lowest BCUT2D eigenvalue weighted by molar-refractivity contribution is -0.120. The number of rotatable bonds is 8. The van der Waals surface area contributed by atoms with Crippen molar-refractivity contribution in [1.29, 1.82) is 0 Å². The molecular formula is C33H28ClN3O3. The summed E-state index contributed by atoms with van der Waals surface area (Å²) in [5.74, 6) is -1.22. The number of halogens is 1. The lowest BCUT2D eigenvalue weighted by atomic mass is 10.1. The second-order valence-corrected chi connectivity index (χ2v) is 10.1. The second kappa shape index (κ2) is 11.6. The van der Waals surface area contributed by atoms with E-state index < -0.39 is 11.8 Å². The predicted molar refractivity (Wildman–Crippen MR) is 158 cm³/mol. The van der Waals surface area contributed by atoms with Crippen LogP contribution in [0.15, 0.2) is 114 Å². The number of hydrogen-bond acceptors (Lipinski definition) is 4. The molecule has 4 aromatic carbocycles. The summed E-state index contributed by atoms with van der Waals surface area (Å²) in [5, 5.41) is 2.81. The molecule has 0 spiro atoms. The Labute approximate surface area is 238 Å². The smallest absolute Gasteiger partial charge is 0.283 e. The molecule has 7 heteroatoms. The van der Waals surface area contributed by atoms with Crippen molar-refractivity contribution in [3.8, 4) is 0 Å². The van der Waals surface area contributed by atoms with Gasteiger partial charge in [0.2, 0.25) is 0 Å². The second-order valence-electron chi connectivity index (χ2n) is 9.76. The maximum absolute atomic E-state index is 13.6. The van der Waals surface area contributed by atoms with Crippen molar-refractivity contribution in [1.82, 2.24) is 4.90 Å². The fourth-order valence-corrected chi connectivity index (χ4v) is 4.83. The average molecular weight is 550 g/mol. The van der Waals surface area contributed by atoms with Gasteiger partial charge in [-0.3, -0.25) is 14.4 Å². The van der Waals surface area contributed by atoms with E-state index in [0.29, 0.717) is 30.0 Å². The summed E-state index contributed by atoms with van der Waals surface area (Å²) in [5.41, 5.74) is 5.32. The van der Waals surface area contributed by atoms with E-state index >= 15 is 0 Å². The van der Waals surface area contributed by atoms with Crippen LogP contribution in [0.3, 0.4) is 0 Å². The molecule has 4 aromatic rings. The van der Waals surface area contributed by atoms with Gasteiger partial charge in [0, 0.05) is 24.3 Å². The summed E-state index contributed by atoms with van der Waals surface area (Å²) >= 11 is 6.33. The largest absolute Gasteiger partial charge is 0.350 e. The lowest BCUT2D eigenvalue weighted by Gasteiger charge is -2.23. The van der Waals surface area contributed by atoms with Crippen molar-refractivity contribution >= 4 is 40.7 Å². The monoisotopic (exact) mass is 549 g/mol. The van der Waals surface area contributed by atoms with Gasteiger partial charge in [0.05, 0.1) is 5.69 Å². The van der Waals surface area contributed by atoms with Crippen LogP contribution in [0.2, 0.25) is 0 Å². The maximum atomic E-state index is 13.6. The minimum atomic E-state index is -0.577. The summed E-state index contributed by atoms with van der Waals surface area (Å²) < 4.78 is 0. The van der Waals surface area contributed by atoms with Crippen LogP contribution < -0.4 is 10.2 Å². The Morgan fingerprint density at radius 1 is 0.775 bits per heavy atom. The Bertz CT molecular complexity index is 1560. The van der Waals surface area contributed by atoms with E-state index in [2.05, 4.69) is 5.32 Å². The standard InChI is InChI=1S/C33H28ClN3O3/c1-22-13-14-23(2)28(19-22)37-32(39)29(34)30(33(37)40)35-27-17-15-26(16-18-27)31(38)36(20-24-9-5-3-6-10-24)21-25-11-7-4-8-12-25/h3-19,35H,20-21H2,1-2H3. The highest BCUT2D eigenvalue weighted by atomic mass is 35.5. The number of anilines is 2. The van der Waals surface area contributed by atoms with Crippen molar-refractivity contribution in [2.45, 2.75) is 26.9 Å². The number of nitrogens with one attached hydrogen (secondary N) is 1. The fourth-order valence-electron chi connectivity index (χ4n) is 4.62. The van der Waals surface area contributed by atoms with E-state index in [1.807, 2.05) is 86.6 Å². The van der Waals surface area contributed by atoms with Crippen molar-refractivity contribution < 1.29 is 14.4 Å². The summed E-state index contributed by atoms with van der Waals surface area (Å²) in [6.45, 7) is 4.65. The molecule has 0 bridgehead atoms. The molecule has 0 atom stereocenters. The predicted octanol–water partition coefficient (Wildman–Crippen LogP) is 6.58. The Morgan fingerprint density at radius 3 is 1.93 bits per heavy atom. The first-order chi connectivity index (χ1) is 19.3. The lowest BCUT2D eigenvalue weighted by Crippen LogP contribution is -2.33. The van der Waals surface area contributed by atoms with Crippen LogP contribution in [0, 0.1) is 13.8 Å². The molecule has 0 radical (unpaired) electrons. The topological polar surface area (TPSA) is 69.7 Å². The number of amides is 3. The first-order valence-electron chi connectivity index (χ1n) is 12.9. The molecule has 5 rings (SSSR count). The molecule has 1 heterocycles. The average Bonchev–Trinajstić information content (AvgIpc) is 3.18. The van der Waals surface area contributed by atoms with Crippen LogP contribution in [-0.2, 0) is 22.7 Å². The van der Waals surface area contributed by atoms with Crippen LogP contribution in [0.5, 0.6) is 0 Å². The SMILES string of the molecule is Cc1ccc(C)c(N2C(=O)C(Cl)=C(Nc3ccc(C(=O)N(Cc4ccccc4)Cc4ccccc4)cc3)C2=O)c1. The number of carbonyl (C=O) groups excluding carboxylic acids is 3. The molecule has 40 heavy (non-hydrogen) atoms. The van der Waals surface area contributed by atoms with Gasteiger partial charge in [-0.25, -0.2) is 4.90 Å². The third kappa shape index (κ3) is 5.67. The van der Waals surface area contributed by atoms with Crippen LogP contribution in [0.25, 0.3) is 0 Å². The summed E-state index contributed by atoms with van der Waals surface area (Å²) in [6, 6.07) is 32.1. The highest BCUT2D eigenvalue weighted by molar-refractivity contribution is 6.53. The summed E-state index contributed by atoms with van der Waals surface area (Å²) in [6.07, 6.45) is 0. The summed E-state index contributed by atoms with van der Waals surface area (Å²) in [4.78, 5) is 42.6. The van der Waals surface area contributed by atoms with E-state index in [4.69, 9.17) is 11.6 Å². The van der Waals surface area contributed by atoms with Gasteiger partial charge in [-0.15, -0.1) is 0 Å². The van der Waals surface area contributed by atoms with Gasteiger partial charge in [-0.05, 0) is 66.4 Å². The molecule has 6 nitrogen and oxygen atoms in total. The highest BCUT2D eigenvalue weighted by Crippen LogP contribution is 2.32. The minimum Gasteiger partial charge on any atom is -0.350 e. The number of hydrogen-bond donors (Lipinski definition) is 1. The van der Waals surface area contributed by atoms with Gasteiger partial charge < -0.3 is 10.2 Å². The van der Waals surface area contributed by atoms with E-state index in [-0.39, 0.29) is 16.6 Å². The van der Waals surface area contributed by atoms with Gasteiger partial charge in [-0.2, -0.15) is 0 Å². The van der Waals surface area contributed by atoms with Gasteiger partial charge in [0.25, 0.3) is 17.7 Å². The Kier molecular flexibility index (Phi) is 7.80. The number of imide groups is 1. The molecule has 0 fully saturated rings. The van der Waals surface area contributed by atoms with Gasteiger partial charge in [0.1, 0.15) is 10.7 Å². The molecule has 0 saturated heterocycles. The van der Waals surface area contributed by atoms with Crippen molar-refractivity contribution in [3.05, 3.63) is 142 Å². The molecule has 1 N–H and O–H groups in total. The van der Waals surface area contributed by atoms with E-state index in [1.54, 1.807) is 35.2 Å². The van der Waals surface area contributed by atoms with Crippen molar-refractivity contribution in [2.24, 2.45) is 0 Å². The number of nitrogens with zero attached hydrogens (tertiary/aromatic N) is 2. The van der Waals surface area contributed by atoms with Crippen LogP contribution >= 0.6 is 11.6 Å². The van der Waals surface area contributed by atoms with E-state index in [9.17, 15) is 14.4 Å². The Morgan fingerprint density at radius 2 is 1.35 bits per heavy atom. The minimum absolute atomic E-state index is 0.00133. The van der Waals surface area contributed by atoms with Crippen molar-refractivity contribution in [3.63, 3.8) is 0 Å². The van der Waals surface area contributed by atoms with Crippen LogP contribution in [0.1, 0.15) is 32.6 Å². The molecule has 0 aromatic heterocycles. The third-order valence-electron chi connectivity index (χ3n) is 6.75. The molecule has 0 aliphatic carbocycles. The number of aryl methyl sites for hydroxylation is 2. The molecule has 1 aliphatic heterocycles. The maximum Gasteiger partial charge on any atom is 0.283 e. The first-order valence-corrected chi connectivity index (χ1v) is 13.3. The fraction of sp³-hybridized carbons (Fsp3) is 0.121. The number of benzene rings is 4. The zero-order chi connectivity index (χ0) is 28.2. The highest BCUT2D eigenvalue weighted by Gasteiger charge is 2.39. The number of carbonyl (C=O) groups is 3. The first kappa shape index (κ1) is 26.9. The summed E-state index contributed by atoms with van der Waals surface area (Å²) in [7, 11) is 0. The van der Waals surface area contributed by atoms with E-state index in [0.717, 1.165) is 27.2 Å². The molecule has 200 valence electrons. The zero-order valence-electron chi connectivity index (χ0n) is 22.2. The molecule has 0 saturated carbocycles. The molecule has 0 unspecified atom stereocenters. The van der Waals surface area contributed by atoms with E-state index in [1.165, 1.54) is 0 Å². The Balaban J connectivity index is 1.34. The third-order valence-corrected chi connectivity index (χ3v) is 7.10. The van der Waals surface area contributed by atoms with Crippen molar-refractivity contribution in [2.75, 3.05) is 10.2 Å².